The van der Waals surface area contributed by atoms with Gasteiger partial charge in [-0.1, -0.05) is 37.8 Å². The molecule has 0 unspecified atom stereocenters. The number of nitrogens with two attached hydrogens (primary N) is 1. The number of rotatable bonds is 2. The third-order valence-corrected chi connectivity index (χ3v) is 4.22. The Kier molecular flexibility index (Phi) is 3.92. The minimum atomic E-state index is 0.461. The summed E-state index contributed by atoms with van der Waals surface area (Å²) >= 11 is 0. The number of aromatic nitrogens is 2. The second kappa shape index (κ2) is 6.01. The SMILES string of the molecule is N#Cc1cccc(-c2nn(C3CCCCCC3)cc2N)c1. The third-order valence-electron chi connectivity index (χ3n) is 4.22. The van der Waals surface area contributed by atoms with Crippen LogP contribution in [-0.2, 0) is 0 Å². The lowest BCUT2D eigenvalue weighted by Crippen LogP contribution is -2.08. The van der Waals surface area contributed by atoms with Crippen molar-refractivity contribution in [3.05, 3.63) is 36.0 Å². The second-order valence-electron chi connectivity index (χ2n) is 5.75. The monoisotopic (exact) mass is 280 g/mol. The van der Waals surface area contributed by atoms with E-state index in [0.717, 1.165) is 11.3 Å². The molecule has 0 aliphatic heterocycles. The van der Waals surface area contributed by atoms with Crippen molar-refractivity contribution in [2.75, 3.05) is 5.73 Å². The van der Waals surface area contributed by atoms with Gasteiger partial charge in [0.25, 0.3) is 0 Å². The molecule has 2 aromatic rings. The van der Waals surface area contributed by atoms with Crippen molar-refractivity contribution in [2.24, 2.45) is 0 Å². The quantitative estimate of drug-likeness (QED) is 0.848. The Balaban J connectivity index is 1.91. The summed E-state index contributed by atoms with van der Waals surface area (Å²) in [5.74, 6) is 0. The second-order valence-corrected chi connectivity index (χ2v) is 5.75. The summed E-state index contributed by atoms with van der Waals surface area (Å²) in [6.07, 6.45) is 9.49. The van der Waals surface area contributed by atoms with Gasteiger partial charge in [-0.25, -0.2) is 0 Å². The fourth-order valence-electron chi connectivity index (χ4n) is 3.08. The van der Waals surface area contributed by atoms with Gasteiger partial charge < -0.3 is 5.73 Å². The van der Waals surface area contributed by atoms with Gasteiger partial charge >= 0.3 is 0 Å². The van der Waals surface area contributed by atoms with E-state index in [1.54, 1.807) is 6.07 Å². The van der Waals surface area contributed by atoms with Gasteiger partial charge in [-0.15, -0.1) is 0 Å². The molecule has 0 amide bonds. The van der Waals surface area contributed by atoms with Crippen molar-refractivity contribution in [1.82, 2.24) is 9.78 Å². The smallest absolute Gasteiger partial charge is 0.115 e. The minimum absolute atomic E-state index is 0.461. The molecule has 0 atom stereocenters. The van der Waals surface area contributed by atoms with Crippen molar-refractivity contribution < 1.29 is 0 Å². The van der Waals surface area contributed by atoms with Crippen LogP contribution in [0.25, 0.3) is 11.3 Å². The molecule has 4 nitrogen and oxygen atoms in total. The molecule has 0 spiro atoms. The molecule has 3 rings (SSSR count). The Bertz CT molecular complexity index is 658. The highest BCUT2D eigenvalue weighted by atomic mass is 15.3. The van der Waals surface area contributed by atoms with Crippen LogP contribution < -0.4 is 5.73 Å². The first-order valence-electron chi connectivity index (χ1n) is 7.63. The van der Waals surface area contributed by atoms with E-state index in [4.69, 9.17) is 16.1 Å². The van der Waals surface area contributed by atoms with Crippen LogP contribution in [0.2, 0.25) is 0 Å². The molecule has 1 fully saturated rings. The molecule has 21 heavy (non-hydrogen) atoms. The molecule has 1 aromatic heterocycles. The number of nitriles is 1. The molecule has 4 heteroatoms. The van der Waals surface area contributed by atoms with Gasteiger partial charge in [0.15, 0.2) is 0 Å². The standard InChI is InChI=1S/C17H20N4/c18-11-13-6-5-7-14(10-13)17-16(19)12-21(20-17)15-8-3-1-2-4-9-15/h5-7,10,12,15H,1-4,8-9,19H2. The maximum absolute atomic E-state index is 9.01. The first-order chi connectivity index (χ1) is 10.3. The number of anilines is 1. The Labute approximate surface area is 125 Å². The van der Waals surface area contributed by atoms with Crippen LogP contribution in [0.3, 0.4) is 0 Å². The van der Waals surface area contributed by atoms with E-state index in [1.807, 2.05) is 29.1 Å². The number of hydrogen-bond acceptors (Lipinski definition) is 3. The zero-order chi connectivity index (χ0) is 14.7. The van der Waals surface area contributed by atoms with Crippen LogP contribution in [-0.4, -0.2) is 9.78 Å². The van der Waals surface area contributed by atoms with Gasteiger partial charge in [0.1, 0.15) is 5.69 Å². The van der Waals surface area contributed by atoms with E-state index in [0.29, 0.717) is 17.3 Å². The van der Waals surface area contributed by atoms with Crippen LogP contribution in [0.4, 0.5) is 5.69 Å². The fraction of sp³-hybridized carbons (Fsp3) is 0.412. The number of nitrogens with zero attached hydrogens (tertiary/aromatic N) is 3. The molecular weight excluding hydrogens is 260 g/mol. The van der Waals surface area contributed by atoms with Crippen molar-refractivity contribution in [3.63, 3.8) is 0 Å². The van der Waals surface area contributed by atoms with Crippen LogP contribution in [0, 0.1) is 11.3 Å². The largest absolute Gasteiger partial charge is 0.396 e. The van der Waals surface area contributed by atoms with E-state index < -0.39 is 0 Å². The summed E-state index contributed by atoms with van der Waals surface area (Å²) in [4.78, 5) is 0. The Hall–Kier alpha value is -2.28. The van der Waals surface area contributed by atoms with E-state index >= 15 is 0 Å². The van der Waals surface area contributed by atoms with Crippen molar-refractivity contribution in [1.29, 1.82) is 5.26 Å². The molecule has 0 radical (unpaired) electrons. The lowest BCUT2D eigenvalue weighted by atomic mass is 10.1. The number of nitrogen functional groups attached to an aromatic ring is 1. The highest BCUT2D eigenvalue weighted by Gasteiger charge is 2.17. The van der Waals surface area contributed by atoms with Gasteiger partial charge in [-0.05, 0) is 25.0 Å². The topological polar surface area (TPSA) is 67.6 Å². The number of benzene rings is 1. The first-order valence-corrected chi connectivity index (χ1v) is 7.63. The highest BCUT2D eigenvalue weighted by molar-refractivity contribution is 5.72. The summed E-state index contributed by atoms with van der Waals surface area (Å²) < 4.78 is 2.04. The molecular formula is C17H20N4. The number of hydrogen-bond donors (Lipinski definition) is 1. The van der Waals surface area contributed by atoms with E-state index in [9.17, 15) is 0 Å². The predicted molar refractivity (Wildman–Crippen MR) is 83.5 cm³/mol. The zero-order valence-electron chi connectivity index (χ0n) is 12.1. The van der Waals surface area contributed by atoms with Gasteiger partial charge in [-0.3, -0.25) is 4.68 Å². The van der Waals surface area contributed by atoms with Gasteiger partial charge in [-0.2, -0.15) is 10.4 Å². The molecule has 1 aromatic carbocycles. The lowest BCUT2D eigenvalue weighted by molar-refractivity contribution is 0.406. The average Bonchev–Trinajstić information content (AvgIpc) is 2.74. The predicted octanol–water partition coefficient (Wildman–Crippen LogP) is 3.90. The molecule has 1 heterocycles. The molecule has 108 valence electrons. The zero-order valence-corrected chi connectivity index (χ0v) is 12.1. The molecule has 2 N–H and O–H groups in total. The normalized spacial score (nSPS) is 16.3. The van der Waals surface area contributed by atoms with E-state index in [-0.39, 0.29) is 0 Å². The summed E-state index contributed by atoms with van der Waals surface area (Å²) in [5, 5.41) is 13.7. The Morgan fingerprint density at radius 1 is 1.19 bits per heavy atom. The molecule has 1 aliphatic rings. The average molecular weight is 280 g/mol. The third kappa shape index (κ3) is 2.92. The summed E-state index contributed by atoms with van der Waals surface area (Å²) in [6, 6.07) is 10.1. The summed E-state index contributed by atoms with van der Waals surface area (Å²) in [7, 11) is 0. The van der Waals surface area contributed by atoms with Crippen LogP contribution >= 0.6 is 0 Å². The highest BCUT2D eigenvalue weighted by Crippen LogP contribution is 2.31. The van der Waals surface area contributed by atoms with Gasteiger partial charge in [0, 0.05) is 11.8 Å². The Morgan fingerprint density at radius 2 is 1.95 bits per heavy atom. The van der Waals surface area contributed by atoms with Crippen molar-refractivity contribution in [2.45, 2.75) is 44.6 Å². The molecule has 0 saturated heterocycles. The minimum Gasteiger partial charge on any atom is -0.396 e. The molecule has 0 bridgehead atoms. The van der Waals surface area contributed by atoms with Crippen LogP contribution in [0.5, 0.6) is 0 Å². The Morgan fingerprint density at radius 3 is 2.67 bits per heavy atom. The maximum Gasteiger partial charge on any atom is 0.115 e. The van der Waals surface area contributed by atoms with Gasteiger partial charge in [0.05, 0.1) is 23.4 Å². The van der Waals surface area contributed by atoms with E-state index in [1.165, 1.54) is 38.5 Å². The maximum atomic E-state index is 9.01. The van der Waals surface area contributed by atoms with Crippen LogP contribution in [0.1, 0.15) is 50.1 Å². The van der Waals surface area contributed by atoms with Gasteiger partial charge in [0.2, 0.25) is 0 Å². The molecule has 1 aliphatic carbocycles. The summed E-state index contributed by atoms with van der Waals surface area (Å²) in [5.41, 5.74) is 9.17. The van der Waals surface area contributed by atoms with Crippen molar-refractivity contribution in [3.8, 4) is 17.3 Å². The first kappa shape index (κ1) is 13.7. The van der Waals surface area contributed by atoms with E-state index in [2.05, 4.69) is 6.07 Å². The van der Waals surface area contributed by atoms with Crippen molar-refractivity contribution >= 4 is 5.69 Å². The van der Waals surface area contributed by atoms with Crippen LogP contribution in [0.15, 0.2) is 30.5 Å². The fourth-order valence-corrected chi connectivity index (χ4v) is 3.08. The lowest BCUT2D eigenvalue weighted by Gasteiger charge is -2.14. The molecule has 1 saturated carbocycles. The summed E-state index contributed by atoms with van der Waals surface area (Å²) in [6.45, 7) is 0.